The summed E-state index contributed by atoms with van der Waals surface area (Å²) in [5.74, 6) is 0.878. The number of benzene rings is 1. The van der Waals surface area contributed by atoms with E-state index in [2.05, 4.69) is 24.4 Å². The molecule has 0 bridgehead atoms. The zero-order valence-corrected chi connectivity index (χ0v) is 9.12. The lowest BCUT2D eigenvalue weighted by molar-refractivity contribution is 0.603. The van der Waals surface area contributed by atoms with Gasteiger partial charge in [-0.25, -0.2) is 0 Å². The predicted molar refractivity (Wildman–Crippen MR) is 59.2 cm³/mol. The average Bonchev–Trinajstić information content (AvgIpc) is 2.05. The first-order valence-corrected chi connectivity index (χ1v) is 7.62. The van der Waals surface area contributed by atoms with Gasteiger partial charge in [-0.15, -0.1) is 0 Å². The molecule has 1 rings (SSSR count). The molecule has 4 heteroatoms. The van der Waals surface area contributed by atoms with Gasteiger partial charge in [-0.2, -0.15) is 0 Å². The molecule has 0 heterocycles. The Morgan fingerprint density at radius 3 is 2.58 bits per heavy atom. The summed E-state index contributed by atoms with van der Waals surface area (Å²) in [5, 5.41) is 0. The van der Waals surface area contributed by atoms with Gasteiger partial charge in [0.2, 0.25) is 0 Å². The Morgan fingerprint density at radius 1 is 1.33 bits per heavy atom. The molecule has 1 unspecified atom stereocenters. The summed E-state index contributed by atoms with van der Waals surface area (Å²) in [6, 6.07) is 10.2. The largest absolute Gasteiger partial charge is 0.480 e. The maximum absolute atomic E-state index is 10.6. The summed E-state index contributed by atoms with van der Waals surface area (Å²) in [6.07, 6.45) is -0.370. The minimum absolute atomic E-state index is 0.878. The van der Waals surface area contributed by atoms with Crippen LogP contribution in [-0.2, 0) is 11.0 Å². The molecular formula is C8H10OPS2+. The van der Waals surface area contributed by atoms with Crippen molar-refractivity contribution in [3.05, 3.63) is 35.9 Å². The molecule has 0 saturated carbocycles. The van der Waals surface area contributed by atoms with E-state index in [1.165, 1.54) is 16.9 Å². The molecule has 1 nitrogen and oxygen atoms in total. The minimum Gasteiger partial charge on any atom is -0.0622 e. The van der Waals surface area contributed by atoms with Gasteiger partial charge in [-0.3, -0.25) is 0 Å². The molecule has 0 aliphatic rings. The number of thiol groups is 1. The van der Waals surface area contributed by atoms with Crippen molar-refractivity contribution < 1.29 is 4.57 Å². The fourth-order valence-corrected chi connectivity index (χ4v) is 2.85. The molecule has 1 atom stereocenters. The van der Waals surface area contributed by atoms with Gasteiger partial charge >= 0.3 is 6.20 Å². The fraction of sp³-hybridized carbons (Fsp3) is 0.250. The third-order valence-corrected chi connectivity index (χ3v) is 4.29. The summed E-state index contributed by atoms with van der Waals surface area (Å²) >= 11 is 5.22. The molecule has 1 aromatic carbocycles. The molecule has 0 aliphatic carbocycles. The quantitative estimate of drug-likeness (QED) is 0.613. The van der Waals surface area contributed by atoms with Gasteiger partial charge in [-0.1, -0.05) is 30.3 Å². The van der Waals surface area contributed by atoms with E-state index in [-0.39, 0.29) is 0 Å². The van der Waals surface area contributed by atoms with Crippen molar-refractivity contribution in [3.8, 4) is 0 Å². The van der Waals surface area contributed by atoms with Crippen LogP contribution in [0, 0.1) is 0 Å². The molecule has 1 aromatic rings. The fourth-order valence-electron chi connectivity index (χ4n) is 0.886. The Labute approximate surface area is 82.6 Å². The van der Waals surface area contributed by atoms with Crippen LogP contribution in [0.5, 0.6) is 0 Å². The summed E-state index contributed by atoms with van der Waals surface area (Å²) in [7, 11) is 0. The Bertz CT molecular complexity index is 250. The predicted octanol–water partition coefficient (Wildman–Crippen LogP) is 3.55. The lowest BCUT2D eigenvalue weighted by Gasteiger charge is -1.93. The summed E-state index contributed by atoms with van der Waals surface area (Å²) in [5.41, 5.74) is 1.29. The van der Waals surface area contributed by atoms with E-state index in [4.69, 9.17) is 0 Å². The van der Waals surface area contributed by atoms with Gasteiger partial charge in [0.05, 0.1) is 0 Å². The number of hydrogen-bond donors (Lipinski definition) is 1. The van der Waals surface area contributed by atoms with Crippen molar-refractivity contribution >= 4 is 29.8 Å². The van der Waals surface area contributed by atoms with E-state index in [0.29, 0.717) is 0 Å². The number of rotatable bonds is 4. The van der Waals surface area contributed by atoms with Crippen LogP contribution in [0.3, 0.4) is 0 Å². The zero-order valence-electron chi connectivity index (χ0n) is 6.51. The Morgan fingerprint density at radius 2 is 2.00 bits per heavy atom. The highest BCUT2D eigenvalue weighted by atomic mass is 33.1. The van der Waals surface area contributed by atoms with Crippen LogP contribution >= 0.6 is 29.8 Å². The van der Waals surface area contributed by atoms with E-state index in [0.717, 1.165) is 12.2 Å². The second kappa shape index (κ2) is 5.63. The molecule has 0 saturated heterocycles. The SMILES string of the molecule is O=[P+](S)SCCc1ccccc1. The van der Waals surface area contributed by atoms with Crippen LogP contribution in [0.1, 0.15) is 5.56 Å². The molecule has 12 heavy (non-hydrogen) atoms. The van der Waals surface area contributed by atoms with E-state index >= 15 is 0 Å². The van der Waals surface area contributed by atoms with Crippen LogP contribution in [-0.4, -0.2) is 5.75 Å². The molecule has 0 spiro atoms. The molecule has 0 aliphatic heterocycles. The topological polar surface area (TPSA) is 17.1 Å². The van der Waals surface area contributed by atoms with Gasteiger partial charge < -0.3 is 0 Å². The Balaban J connectivity index is 2.29. The molecular weight excluding hydrogens is 207 g/mol. The molecule has 0 amide bonds. The van der Waals surface area contributed by atoms with Crippen LogP contribution in [0.2, 0.25) is 0 Å². The van der Waals surface area contributed by atoms with Crippen molar-refractivity contribution in [2.24, 2.45) is 0 Å². The highest BCUT2D eigenvalue weighted by Crippen LogP contribution is 2.41. The highest BCUT2D eigenvalue weighted by molar-refractivity contribution is 8.79. The smallest absolute Gasteiger partial charge is 0.0622 e. The first-order valence-electron chi connectivity index (χ1n) is 3.62. The maximum Gasteiger partial charge on any atom is 0.480 e. The average molecular weight is 217 g/mol. The zero-order chi connectivity index (χ0) is 8.81. The van der Waals surface area contributed by atoms with Crippen LogP contribution in [0.4, 0.5) is 0 Å². The van der Waals surface area contributed by atoms with Gasteiger partial charge in [-0.05, 0) is 16.5 Å². The van der Waals surface area contributed by atoms with Gasteiger partial charge in [0.25, 0.3) is 0 Å². The van der Waals surface area contributed by atoms with Crippen molar-refractivity contribution in [1.29, 1.82) is 0 Å². The minimum atomic E-state index is -1.34. The molecule has 0 fully saturated rings. The van der Waals surface area contributed by atoms with Gasteiger partial charge in [0.15, 0.2) is 0 Å². The number of hydrogen-bond acceptors (Lipinski definition) is 2. The Kier molecular flexibility index (Phi) is 4.74. The highest BCUT2D eigenvalue weighted by Gasteiger charge is 2.09. The molecule has 0 aromatic heterocycles. The second-order valence-electron chi connectivity index (χ2n) is 2.31. The second-order valence-corrected chi connectivity index (χ2v) is 7.12. The first kappa shape index (κ1) is 10.1. The maximum atomic E-state index is 10.6. The summed E-state index contributed by atoms with van der Waals surface area (Å²) in [6.45, 7) is 0. The van der Waals surface area contributed by atoms with E-state index in [9.17, 15) is 4.57 Å². The normalized spacial score (nSPS) is 11.2. The third kappa shape index (κ3) is 4.15. The molecule has 0 radical (unpaired) electrons. The van der Waals surface area contributed by atoms with Crippen LogP contribution in [0.15, 0.2) is 30.3 Å². The van der Waals surface area contributed by atoms with Crippen molar-refractivity contribution in [2.45, 2.75) is 6.42 Å². The van der Waals surface area contributed by atoms with Crippen LogP contribution < -0.4 is 0 Å². The summed E-state index contributed by atoms with van der Waals surface area (Å²) < 4.78 is 10.6. The van der Waals surface area contributed by atoms with Gasteiger partial charge in [0.1, 0.15) is 23.6 Å². The molecule has 64 valence electrons. The van der Waals surface area contributed by atoms with Crippen molar-refractivity contribution in [2.75, 3.05) is 5.75 Å². The standard InChI is InChI=1S/C8H9OPS2/c9-10(11)12-7-6-8-4-2-1-3-5-8/h1-5H,6-7H2/p+1. The third-order valence-electron chi connectivity index (χ3n) is 1.44. The molecule has 0 N–H and O–H groups in total. The number of aryl methyl sites for hydroxylation is 1. The van der Waals surface area contributed by atoms with Crippen LogP contribution in [0.25, 0.3) is 0 Å². The van der Waals surface area contributed by atoms with E-state index in [1.807, 2.05) is 18.2 Å². The van der Waals surface area contributed by atoms with Crippen molar-refractivity contribution in [1.82, 2.24) is 0 Å². The monoisotopic (exact) mass is 217 g/mol. The van der Waals surface area contributed by atoms with E-state index in [1.54, 1.807) is 0 Å². The lowest BCUT2D eigenvalue weighted by Crippen LogP contribution is -1.84. The first-order chi connectivity index (χ1) is 5.79. The lowest BCUT2D eigenvalue weighted by atomic mass is 10.2. The van der Waals surface area contributed by atoms with E-state index < -0.39 is 6.20 Å². The Hall–Kier alpha value is 0.0200. The van der Waals surface area contributed by atoms with Crippen molar-refractivity contribution in [3.63, 3.8) is 0 Å². The van der Waals surface area contributed by atoms with Gasteiger partial charge in [0, 0.05) is 5.75 Å². The summed E-state index contributed by atoms with van der Waals surface area (Å²) in [4.78, 5) is 0.